The summed E-state index contributed by atoms with van der Waals surface area (Å²) in [5.74, 6) is 0. The van der Waals surface area contributed by atoms with Crippen molar-refractivity contribution in [2.45, 2.75) is 20.3 Å². The third-order valence-electron chi connectivity index (χ3n) is 3.63. The van der Waals surface area contributed by atoms with Crippen molar-refractivity contribution in [1.29, 1.82) is 0 Å². The van der Waals surface area contributed by atoms with E-state index < -0.39 is 0 Å². The molecule has 1 aromatic carbocycles. The molecule has 0 aromatic heterocycles. The molecule has 1 heterocycles. The van der Waals surface area contributed by atoms with Crippen LogP contribution in [-0.4, -0.2) is 31.1 Å². The summed E-state index contributed by atoms with van der Waals surface area (Å²) in [6.07, 6.45) is 1.04. The second kappa shape index (κ2) is 5.66. The zero-order chi connectivity index (χ0) is 13.1. The van der Waals surface area contributed by atoms with E-state index in [1.165, 1.54) is 16.9 Å². The predicted octanol–water partition coefficient (Wildman–Crippen LogP) is 3.69. The fraction of sp³-hybridized carbons (Fsp3) is 0.467. The monoisotopic (exact) mass is 264 g/mol. The number of piperazine rings is 1. The molecule has 0 aliphatic carbocycles. The Kier molecular flexibility index (Phi) is 4.18. The van der Waals surface area contributed by atoms with E-state index in [9.17, 15) is 0 Å². The van der Waals surface area contributed by atoms with Crippen LogP contribution in [0.1, 0.15) is 18.9 Å². The standard InChI is InChI=1S/C15H21ClN2/c1-4-13(3)17-7-9-18(10-8-17)15-6-5-14(16)11-12(15)2/h5-6,11H,3-4,7-10H2,1-2H3. The van der Waals surface area contributed by atoms with Gasteiger partial charge in [0, 0.05) is 42.6 Å². The minimum absolute atomic E-state index is 0.814. The molecule has 3 heteroatoms. The van der Waals surface area contributed by atoms with Gasteiger partial charge in [-0.2, -0.15) is 0 Å². The van der Waals surface area contributed by atoms with Crippen molar-refractivity contribution in [3.8, 4) is 0 Å². The lowest BCUT2D eigenvalue weighted by Crippen LogP contribution is -2.45. The molecular formula is C15H21ClN2. The average molecular weight is 265 g/mol. The van der Waals surface area contributed by atoms with Gasteiger partial charge in [0.1, 0.15) is 0 Å². The predicted molar refractivity (Wildman–Crippen MR) is 79.4 cm³/mol. The molecule has 0 amide bonds. The molecule has 1 fully saturated rings. The van der Waals surface area contributed by atoms with E-state index in [1.807, 2.05) is 12.1 Å². The Labute approximate surface area is 115 Å². The fourth-order valence-electron chi connectivity index (χ4n) is 2.46. The maximum atomic E-state index is 6.00. The lowest BCUT2D eigenvalue weighted by Gasteiger charge is -2.38. The molecule has 0 atom stereocenters. The van der Waals surface area contributed by atoms with Crippen LogP contribution < -0.4 is 4.90 Å². The maximum Gasteiger partial charge on any atom is 0.0410 e. The largest absolute Gasteiger partial charge is 0.372 e. The number of hydrogen-bond acceptors (Lipinski definition) is 2. The second-order valence-corrected chi connectivity index (χ2v) is 5.26. The molecular weight excluding hydrogens is 244 g/mol. The van der Waals surface area contributed by atoms with E-state index in [0.717, 1.165) is 37.6 Å². The smallest absolute Gasteiger partial charge is 0.0410 e. The van der Waals surface area contributed by atoms with Crippen molar-refractivity contribution < 1.29 is 0 Å². The molecule has 0 radical (unpaired) electrons. The molecule has 98 valence electrons. The van der Waals surface area contributed by atoms with Crippen molar-refractivity contribution in [2.75, 3.05) is 31.1 Å². The Morgan fingerprint density at radius 2 is 1.94 bits per heavy atom. The van der Waals surface area contributed by atoms with E-state index in [2.05, 4.69) is 36.3 Å². The van der Waals surface area contributed by atoms with Crippen LogP contribution in [0.5, 0.6) is 0 Å². The van der Waals surface area contributed by atoms with Crippen LogP contribution in [0.15, 0.2) is 30.5 Å². The lowest BCUT2D eigenvalue weighted by molar-refractivity contribution is 0.315. The minimum atomic E-state index is 0.814. The quantitative estimate of drug-likeness (QED) is 0.822. The maximum absolute atomic E-state index is 6.00. The van der Waals surface area contributed by atoms with Gasteiger partial charge in [-0.15, -0.1) is 0 Å². The first-order chi connectivity index (χ1) is 8.61. The summed E-state index contributed by atoms with van der Waals surface area (Å²) in [4.78, 5) is 4.83. The third kappa shape index (κ3) is 2.81. The van der Waals surface area contributed by atoms with Gasteiger partial charge in [-0.3, -0.25) is 0 Å². The summed E-state index contributed by atoms with van der Waals surface area (Å²) >= 11 is 6.00. The highest BCUT2D eigenvalue weighted by atomic mass is 35.5. The van der Waals surface area contributed by atoms with Crippen LogP contribution in [-0.2, 0) is 0 Å². The number of benzene rings is 1. The van der Waals surface area contributed by atoms with Crippen LogP contribution in [0, 0.1) is 6.92 Å². The number of nitrogens with zero attached hydrogens (tertiary/aromatic N) is 2. The van der Waals surface area contributed by atoms with E-state index in [1.54, 1.807) is 0 Å². The SMILES string of the molecule is C=C(CC)N1CCN(c2ccc(Cl)cc2C)CC1. The Morgan fingerprint density at radius 3 is 2.50 bits per heavy atom. The highest BCUT2D eigenvalue weighted by Gasteiger charge is 2.18. The van der Waals surface area contributed by atoms with Crippen LogP contribution in [0.4, 0.5) is 5.69 Å². The Hall–Kier alpha value is -1.15. The number of allylic oxidation sites excluding steroid dienone is 1. The van der Waals surface area contributed by atoms with E-state index >= 15 is 0 Å². The number of rotatable bonds is 3. The zero-order valence-electron chi connectivity index (χ0n) is 11.2. The van der Waals surface area contributed by atoms with Crippen molar-refractivity contribution in [3.63, 3.8) is 0 Å². The molecule has 1 aliphatic heterocycles. The zero-order valence-corrected chi connectivity index (χ0v) is 12.0. The fourth-order valence-corrected chi connectivity index (χ4v) is 2.69. The molecule has 0 saturated carbocycles. The molecule has 0 spiro atoms. The third-order valence-corrected chi connectivity index (χ3v) is 3.87. The van der Waals surface area contributed by atoms with Crippen LogP contribution in [0.2, 0.25) is 5.02 Å². The minimum Gasteiger partial charge on any atom is -0.372 e. The number of anilines is 1. The number of hydrogen-bond donors (Lipinski definition) is 0. The van der Waals surface area contributed by atoms with Gasteiger partial charge in [0.2, 0.25) is 0 Å². The average Bonchev–Trinajstić information content (AvgIpc) is 2.38. The van der Waals surface area contributed by atoms with Gasteiger partial charge in [0.05, 0.1) is 0 Å². The number of halogens is 1. The van der Waals surface area contributed by atoms with Gasteiger partial charge in [-0.1, -0.05) is 25.1 Å². The lowest BCUT2D eigenvalue weighted by atomic mass is 10.1. The Morgan fingerprint density at radius 1 is 1.28 bits per heavy atom. The summed E-state index contributed by atoms with van der Waals surface area (Å²) < 4.78 is 0. The van der Waals surface area contributed by atoms with Gasteiger partial charge >= 0.3 is 0 Å². The van der Waals surface area contributed by atoms with Crippen LogP contribution >= 0.6 is 11.6 Å². The molecule has 1 saturated heterocycles. The van der Waals surface area contributed by atoms with Gasteiger partial charge in [0.25, 0.3) is 0 Å². The number of aryl methyl sites for hydroxylation is 1. The molecule has 2 rings (SSSR count). The van der Waals surface area contributed by atoms with E-state index in [-0.39, 0.29) is 0 Å². The topological polar surface area (TPSA) is 6.48 Å². The highest BCUT2D eigenvalue weighted by Crippen LogP contribution is 2.25. The van der Waals surface area contributed by atoms with Gasteiger partial charge in [-0.25, -0.2) is 0 Å². The molecule has 1 aromatic rings. The summed E-state index contributed by atoms with van der Waals surface area (Å²) in [6, 6.07) is 6.14. The van der Waals surface area contributed by atoms with Crippen molar-refractivity contribution in [1.82, 2.24) is 4.90 Å². The Bertz CT molecular complexity index is 434. The van der Waals surface area contributed by atoms with Crippen molar-refractivity contribution >= 4 is 17.3 Å². The van der Waals surface area contributed by atoms with Crippen LogP contribution in [0.25, 0.3) is 0 Å². The first-order valence-corrected chi connectivity index (χ1v) is 6.93. The van der Waals surface area contributed by atoms with Crippen molar-refractivity contribution in [3.05, 3.63) is 41.1 Å². The first kappa shape index (κ1) is 13.3. The summed E-state index contributed by atoms with van der Waals surface area (Å²) in [7, 11) is 0. The molecule has 0 N–H and O–H groups in total. The van der Waals surface area contributed by atoms with E-state index in [0.29, 0.717) is 0 Å². The molecule has 0 unspecified atom stereocenters. The molecule has 0 bridgehead atoms. The second-order valence-electron chi connectivity index (χ2n) is 4.82. The Balaban J connectivity index is 2.03. The van der Waals surface area contributed by atoms with Gasteiger partial charge in [0.15, 0.2) is 0 Å². The summed E-state index contributed by atoms with van der Waals surface area (Å²) in [5.41, 5.74) is 3.81. The molecule has 1 aliphatic rings. The van der Waals surface area contributed by atoms with E-state index in [4.69, 9.17) is 11.6 Å². The van der Waals surface area contributed by atoms with Crippen LogP contribution in [0.3, 0.4) is 0 Å². The highest BCUT2D eigenvalue weighted by molar-refractivity contribution is 6.30. The van der Waals surface area contributed by atoms with Gasteiger partial charge < -0.3 is 9.80 Å². The first-order valence-electron chi connectivity index (χ1n) is 6.55. The normalized spacial score (nSPS) is 15.9. The summed E-state index contributed by atoms with van der Waals surface area (Å²) in [6.45, 7) is 12.6. The molecule has 18 heavy (non-hydrogen) atoms. The molecule has 2 nitrogen and oxygen atoms in total. The van der Waals surface area contributed by atoms with Crippen molar-refractivity contribution in [2.24, 2.45) is 0 Å². The van der Waals surface area contributed by atoms with Gasteiger partial charge in [-0.05, 0) is 37.1 Å². The summed E-state index contributed by atoms with van der Waals surface area (Å²) in [5, 5.41) is 0.814.